The number of thioether (sulfide) groups is 1. The number of halogens is 1. The number of amides is 1. The molecule has 0 saturated carbocycles. The minimum atomic E-state index is -0.115. The summed E-state index contributed by atoms with van der Waals surface area (Å²) in [6.07, 6.45) is 3.14. The molecule has 2 N–H and O–H groups in total. The van der Waals surface area contributed by atoms with Crippen LogP contribution >= 0.6 is 34.7 Å². The van der Waals surface area contributed by atoms with E-state index in [0.717, 1.165) is 29.5 Å². The Kier molecular flexibility index (Phi) is 5.02. The highest BCUT2D eigenvalue weighted by molar-refractivity contribution is 7.99. The van der Waals surface area contributed by atoms with Crippen LogP contribution in [0, 0.1) is 0 Å². The molecular weight excluding hydrogens is 390 g/mol. The number of anilines is 1. The highest BCUT2D eigenvalue weighted by atomic mass is 35.5. The average Bonchev–Trinajstić information content (AvgIpc) is 3.15. The molecule has 0 fully saturated rings. The highest BCUT2D eigenvalue weighted by Crippen LogP contribution is 2.34. The lowest BCUT2D eigenvalue weighted by Crippen LogP contribution is -2.15. The molecule has 0 spiro atoms. The Labute approximate surface area is 163 Å². The number of nitrogens with zero attached hydrogens (tertiary/aromatic N) is 1. The van der Waals surface area contributed by atoms with Gasteiger partial charge in [0, 0.05) is 15.6 Å². The van der Waals surface area contributed by atoms with Gasteiger partial charge < -0.3 is 10.3 Å². The van der Waals surface area contributed by atoms with Gasteiger partial charge in [0.2, 0.25) is 5.91 Å². The van der Waals surface area contributed by atoms with Gasteiger partial charge in [0.1, 0.15) is 10.7 Å². The summed E-state index contributed by atoms with van der Waals surface area (Å²) in [7, 11) is 0. The van der Waals surface area contributed by atoms with Crippen molar-refractivity contribution in [2.75, 3.05) is 11.1 Å². The van der Waals surface area contributed by atoms with Gasteiger partial charge in [0.15, 0.2) is 0 Å². The summed E-state index contributed by atoms with van der Waals surface area (Å²) in [6.45, 7) is 0. The van der Waals surface area contributed by atoms with Crippen molar-refractivity contribution in [1.29, 1.82) is 0 Å². The molecule has 2 aromatic heterocycles. The van der Waals surface area contributed by atoms with Crippen LogP contribution in [0.5, 0.6) is 0 Å². The molecule has 0 saturated heterocycles. The SMILES string of the molecule is O=C(CSCc1nc2sc3c(c2c(=O)[nH]1)CCC3)Nc1cccc(Cl)c1. The quantitative estimate of drug-likeness (QED) is 0.672. The van der Waals surface area contributed by atoms with E-state index in [1.54, 1.807) is 35.6 Å². The number of fused-ring (bicyclic) bond motifs is 3. The lowest BCUT2D eigenvalue weighted by Gasteiger charge is -2.05. The van der Waals surface area contributed by atoms with Gasteiger partial charge in [-0.3, -0.25) is 9.59 Å². The van der Waals surface area contributed by atoms with Gasteiger partial charge in [-0.15, -0.1) is 23.1 Å². The Morgan fingerprint density at radius 1 is 1.38 bits per heavy atom. The van der Waals surface area contributed by atoms with Gasteiger partial charge in [-0.05, 0) is 43.0 Å². The molecule has 3 aromatic rings. The van der Waals surface area contributed by atoms with Crippen molar-refractivity contribution < 1.29 is 4.79 Å². The summed E-state index contributed by atoms with van der Waals surface area (Å²) >= 11 is 8.94. The Balaban J connectivity index is 1.39. The smallest absolute Gasteiger partial charge is 0.259 e. The van der Waals surface area contributed by atoms with Crippen LogP contribution in [-0.2, 0) is 23.4 Å². The number of nitrogens with one attached hydrogen (secondary N) is 2. The Morgan fingerprint density at radius 2 is 2.27 bits per heavy atom. The fourth-order valence-electron chi connectivity index (χ4n) is 3.12. The van der Waals surface area contributed by atoms with E-state index in [0.29, 0.717) is 22.3 Å². The van der Waals surface area contributed by atoms with E-state index in [1.807, 2.05) is 0 Å². The molecule has 5 nitrogen and oxygen atoms in total. The first-order chi connectivity index (χ1) is 12.6. The predicted octanol–water partition coefficient (Wildman–Crippen LogP) is 4.00. The summed E-state index contributed by atoms with van der Waals surface area (Å²) in [5.74, 6) is 1.25. The first-order valence-corrected chi connectivity index (χ1v) is 10.6. The van der Waals surface area contributed by atoms with Crippen molar-refractivity contribution in [3.8, 4) is 0 Å². The van der Waals surface area contributed by atoms with Crippen molar-refractivity contribution in [2.45, 2.75) is 25.0 Å². The lowest BCUT2D eigenvalue weighted by molar-refractivity contribution is -0.113. The lowest BCUT2D eigenvalue weighted by atomic mass is 10.2. The van der Waals surface area contributed by atoms with Crippen LogP contribution in [0.1, 0.15) is 22.7 Å². The maximum Gasteiger partial charge on any atom is 0.259 e. The molecule has 0 aliphatic heterocycles. The Morgan fingerprint density at radius 3 is 3.12 bits per heavy atom. The molecule has 0 bridgehead atoms. The second-order valence-electron chi connectivity index (χ2n) is 6.10. The second-order valence-corrected chi connectivity index (χ2v) is 8.61. The van der Waals surface area contributed by atoms with Crippen molar-refractivity contribution in [3.63, 3.8) is 0 Å². The minimum absolute atomic E-state index is 0.0617. The van der Waals surface area contributed by atoms with Crippen molar-refractivity contribution >= 4 is 56.5 Å². The number of aromatic amines is 1. The number of hydrogen-bond acceptors (Lipinski definition) is 5. The average molecular weight is 406 g/mol. The molecule has 1 amide bonds. The fourth-order valence-corrected chi connectivity index (χ4v) is 5.28. The number of hydrogen-bond donors (Lipinski definition) is 2. The number of H-pyrrole nitrogens is 1. The molecule has 8 heteroatoms. The Hall–Kier alpha value is -1.83. The topological polar surface area (TPSA) is 74.8 Å². The summed E-state index contributed by atoms with van der Waals surface area (Å²) in [4.78, 5) is 34.0. The number of carbonyl (C=O) groups excluding carboxylic acids is 1. The van der Waals surface area contributed by atoms with Crippen molar-refractivity contribution in [2.24, 2.45) is 0 Å². The van der Waals surface area contributed by atoms with Gasteiger partial charge >= 0.3 is 0 Å². The maximum atomic E-state index is 12.4. The van der Waals surface area contributed by atoms with Gasteiger partial charge in [0.25, 0.3) is 5.56 Å². The standard InChI is InChI=1S/C18H16ClN3O2S2/c19-10-3-1-4-11(7-10)20-15(23)9-25-8-14-21-17(24)16-12-5-2-6-13(12)26-18(16)22-14/h1,3-4,7H,2,5-6,8-9H2,(H,20,23)(H,21,22,24). The van der Waals surface area contributed by atoms with Crippen LogP contribution in [-0.4, -0.2) is 21.6 Å². The van der Waals surface area contributed by atoms with E-state index in [4.69, 9.17) is 11.6 Å². The molecular formula is C18H16ClN3O2S2. The van der Waals surface area contributed by atoms with Crippen LogP contribution in [0.15, 0.2) is 29.1 Å². The van der Waals surface area contributed by atoms with Crippen LogP contribution in [0.25, 0.3) is 10.2 Å². The van der Waals surface area contributed by atoms with Gasteiger partial charge in [-0.2, -0.15) is 0 Å². The molecule has 1 aliphatic rings. The second kappa shape index (κ2) is 7.42. The van der Waals surface area contributed by atoms with E-state index in [2.05, 4.69) is 15.3 Å². The van der Waals surface area contributed by atoms with Crippen LogP contribution in [0.4, 0.5) is 5.69 Å². The van der Waals surface area contributed by atoms with Crippen molar-refractivity contribution in [1.82, 2.24) is 9.97 Å². The zero-order valence-corrected chi connectivity index (χ0v) is 16.2. The first kappa shape index (κ1) is 17.6. The summed E-state index contributed by atoms with van der Waals surface area (Å²) in [5.41, 5.74) is 1.79. The molecule has 0 unspecified atom stereocenters. The largest absolute Gasteiger partial charge is 0.325 e. The van der Waals surface area contributed by atoms with E-state index in [1.165, 1.54) is 22.2 Å². The molecule has 26 heavy (non-hydrogen) atoms. The third-order valence-corrected chi connectivity index (χ3v) is 6.57. The van der Waals surface area contributed by atoms with Crippen LogP contribution in [0.2, 0.25) is 5.02 Å². The van der Waals surface area contributed by atoms with Gasteiger partial charge in [0.05, 0.1) is 16.9 Å². The zero-order chi connectivity index (χ0) is 18.1. The van der Waals surface area contributed by atoms with E-state index in [-0.39, 0.29) is 17.2 Å². The van der Waals surface area contributed by atoms with E-state index in [9.17, 15) is 9.59 Å². The van der Waals surface area contributed by atoms with Gasteiger partial charge in [-0.25, -0.2) is 4.98 Å². The number of thiophene rings is 1. The Bertz CT molecular complexity index is 1040. The number of aromatic nitrogens is 2. The van der Waals surface area contributed by atoms with Crippen molar-refractivity contribution in [3.05, 3.63) is 55.9 Å². The van der Waals surface area contributed by atoms with Gasteiger partial charge in [-0.1, -0.05) is 17.7 Å². The minimum Gasteiger partial charge on any atom is -0.325 e. The number of carbonyl (C=O) groups is 1. The van der Waals surface area contributed by atoms with Crippen LogP contribution in [0.3, 0.4) is 0 Å². The molecule has 1 aromatic carbocycles. The molecule has 0 radical (unpaired) electrons. The summed E-state index contributed by atoms with van der Waals surface area (Å²) < 4.78 is 0. The predicted molar refractivity (Wildman–Crippen MR) is 109 cm³/mol. The highest BCUT2D eigenvalue weighted by Gasteiger charge is 2.21. The summed E-state index contributed by atoms with van der Waals surface area (Å²) in [5, 5.41) is 4.14. The van der Waals surface area contributed by atoms with Crippen LogP contribution < -0.4 is 10.9 Å². The van der Waals surface area contributed by atoms with E-state index >= 15 is 0 Å². The molecule has 4 rings (SSSR count). The fraction of sp³-hybridized carbons (Fsp3) is 0.278. The molecule has 1 aliphatic carbocycles. The van der Waals surface area contributed by atoms with E-state index < -0.39 is 0 Å². The summed E-state index contributed by atoms with van der Waals surface area (Å²) in [6, 6.07) is 7.03. The normalized spacial score (nSPS) is 13.1. The zero-order valence-electron chi connectivity index (χ0n) is 13.8. The number of benzene rings is 1. The maximum absolute atomic E-state index is 12.4. The third kappa shape index (κ3) is 3.65. The third-order valence-electron chi connectivity index (χ3n) is 4.20. The molecule has 0 atom stereocenters. The first-order valence-electron chi connectivity index (χ1n) is 8.27. The monoisotopic (exact) mass is 405 g/mol. The number of rotatable bonds is 5. The number of aryl methyl sites for hydroxylation is 2. The molecule has 134 valence electrons. The molecule has 2 heterocycles.